The number of aldehydes is 1. The highest BCUT2D eigenvalue weighted by molar-refractivity contribution is 5.75. The van der Waals surface area contributed by atoms with Crippen molar-refractivity contribution in [1.29, 1.82) is 0 Å². The Hall–Kier alpha value is -2.79. The van der Waals surface area contributed by atoms with E-state index in [1.807, 2.05) is 6.92 Å². The number of benzene rings is 1. The molecule has 7 nitrogen and oxygen atoms in total. The number of H-pyrrole nitrogens is 1. The van der Waals surface area contributed by atoms with Crippen LogP contribution in [0.4, 0.5) is 0 Å². The summed E-state index contributed by atoms with van der Waals surface area (Å²) in [6.07, 6.45) is 1.76. The fourth-order valence-corrected chi connectivity index (χ4v) is 1.32. The first-order valence-electron chi connectivity index (χ1n) is 5.37. The standard InChI is InChI=1S/C11H11N3O2.CO2/c1-2-10-11(13-14-12-10)16-9-5-3-4-8(6-9)7-15;2-1-3/h3-7H,2H2,1H3,(H,12,13,14);. The molecule has 0 amide bonds. The number of carbonyl (C=O) groups excluding carboxylic acids is 3. The summed E-state index contributed by atoms with van der Waals surface area (Å²) in [5.74, 6) is 1.03. The van der Waals surface area contributed by atoms with Crippen LogP contribution in [0.3, 0.4) is 0 Å². The average molecular weight is 261 g/mol. The first-order valence-corrected chi connectivity index (χ1v) is 5.37. The SMILES string of the molecule is CCc1n[nH]nc1Oc1cccc(C=O)c1.O=C=O. The Morgan fingerprint density at radius 3 is 2.74 bits per heavy atom. The van der Waals surface area contributed by atoms with Crippen molar-refractivity contribution in [3.63, 3.8) is 0 Å². The van der Waals surface area contributed by atoms with E-state index in [0.29, 0.717) is 17.2 Å². The minimum atomic E-state index is 0.250. The third kappa shape index (κ3) is 4.18. The molecule has 0 aliphatic heterocycles. The number of hydrogen-bond donors (Lipinski definition) is 1. The van der Waals surface area contributed by atoms with E-state index in [1.54, 1.807) is 24.3 Å². The Balaban J connectivity index is 0.000000550. The minimum Gasteiger partial charge on any atom is -0.436 e. The molecule has 0 unspecified atom stereocenters. The zero-order chi connectivity index (χ0) is 14.1. The van der Waals surface area contributed by atoms with E-state index in [2.05, 4.69) is 15.4 Å². The Labute approximate surface area is 108 Å². The number of carbonyl (C=O) groups is 1. The molecular formula is C12H11N3O4. The van der Waals surface area contributed by atoms with Crippen molar-refractivity contribution in [1.82, 2.24) is 15.4 Å². The van der Waals surface area contributed by atoms with Gasteiger partial charge in [0.25, 0.3) is 5.88 Å². The molecule has 0 atom stereocenters. The Morgan fingerprint density at radius 1 is 1.37 bits per heavy atom. The van der Waals surface area contributed by atoms with Gasteiger partial charge in [0.05, 0.1) is 0 Å². The van der Waals surface area contributed by atoms with Crippen molar-refractivity contribution in [2.75, 3.05) is 0 Å². The molecular weight excluding hydrogens is 250 g/mol. The van der Waals surface area contributed by atoms with Gasteiger partial charge in [-0.25, -0.2) is 0 Å². The molecule has 1 aromatic heterocycles. The van der Waals surface area contributed by atoms with Gasteiger partial charge in [0, 0.05) is 5.56 Å². The monoisotopic (exact) mass is 261 g/mol. The van der Waals surface area contributed by atoms with Gasteiger partial charge in [-0.05, 0) is 18.6 Å². The molecule has 7 heteroatoms. The second-order valence-electron chi connectivity index (χ2n) is 3.30. The molecule has 1 aromatic carbocycles. The molecule has 1 N–H and O–H groups in total. The molecule has 0 aliphatic rings. The largest absolute Gasteiger partial charge is 0.436 e. The van der Waals surface area contributed by atoms with Crippen molar-refractivity contribution < 1.29 is 19.1 Å². The average Bonchev–Trinajstić information content (AvgIpc) is 2.87. The lowest BCUT2D eigenvalue weighted by Gasteiger charge is -2.03. The van der Waals surface area contributed by atoms with Crippen molar-refractivity contribution >= 4 is 12.4 Å². The van der Waals surface area contributed by atoms with Crippen molar-refractivity contribution in [2.24, 2.45) is 0 Å². The summed E-state index contributed by atoms with van der Waals surface area (Å²) in [4.78, 5) is 26.8. The van der Waals surface area contributed by atoms with E-state index in [0.717, 1.165) is 18.4 Å². The lowest BCUT2D eigenvalue weighted by molar-refractivity contribution is -0.191. The van der Waals surface area contributed by atoms with Crippen LogP contribution in [0.25, 0.3) is 0 Å². The second-order valence-corrected chi connectivity index (χ2v) is 3.30. The third-order valence-corrected chi connectivity index (χ3v) is 2.13. The number of aromatic amines is 1. The minimum absolute atomic E-state index is 0.250. The zero-order valence-electron chi connectivity index (χ0n) is 10.1. The van der Waals surface area contributed by atoms with Gasteiger partial charge in [0.2, 0.25) is 0 Å². The van der Waals surface area contributed by atoms with Gasteiger partial charge in [-0.1, -0.05) is 19.1 Å². The molecule has 2 aromatic rings. The topological polar surface area (TPSA) is 102 Å². The van der Waals surface area contributed by atoms with Gasteiger partial charge in [0.1, 0.15) is 17.7 Å². The molecule has 0 radical (unpaired) electrons. The molecule has 0 saturated carbocycles. The number of hydrogen-bond acceptors (Lipinski definition) is 6. The van der Waals surface area contributed by atoms with Crippen LogP contribution in [-0.2, 0) is 16.0 Å². The van der Waals surface area contributed by atoms with Crippen LogP contribution in [0, 0.1) is 0 Å². The molecule has 0 aliphatic carbocycles. The first kappa shape index (κ1) is 14.3. The van der Waals surface area contributed by atoms with E-state index >= 15 is 0 Å². The summed E-state index contributed by atoms with van der Waals surface area (Å²) in [5.41, 5.74) is 1.33. The zero-order valence-corrected chi connectivity index (χ0v) is 10.1. The summed E-state index contributed by atoms with van der Waals surface area (Å²) in [7, 11) is 0. The molecule has 2 rings (SSSR count). The highest BCUT2D eigenvalue weighted by atomic mass is 16.5. The number of aryl methyl sites for hydroxylation is 1. The first-order chi connectivity index (χ1) is 9.24. The van der Waals surface area contributed by atoms with Crippen LogP contribution in [0.15, 0.2) is 24.3 Å². The Kier molecular flexibility index (Phi) is 5.65. The normalized spacial score (nSPS) is 8.89. The summed E-state index contributed by atoms with van der Waals surface area (Å²) in [6.45, 7) is 1.96. The summed E-state index contributed by atoms with van der Waals surface area (Å²) in [5, 5.41) is 10.3. The van der Waals surface area contributed by atoms with Crippen LogP contribution in [0.2, 0.25) is 0 Å². The molecule has 0 spiro atoms. The van der Waals surface area contributed by atoms with Crippen molar-refractivity contribution in [3.8, 4) is 11.6 Å². The highest BCUT2D eigenvalue weighted by Gasteiger charge is 2.08. The molecule has 0 fully saturated rings. The van der Waals surface area contributed by atoms with E-state index in [9.17, 15) is 4.79 Å². The summed E-state index contributed by atoms with van der Waals surface area (Å²) >= 11 is 0. The van der Waals surface area contributed by atoms with Gasteiger partial charge < -0.3 is 4.74 Å². The van der Waals surface area contributed by atoms with E-state index in [1.165, 1.54) is 0 Å². The molecule has 0 saturated heterocycles. The van der Waals surface area contributed by atoms with Gasteiger partial charge >= 0.3 is 6.15 Å². The fourth-order valence-electron chi connectivity index (χ4n) is 1.32. The van der Waals surface area contributed by atoms with Crippen LogP contribution in [-0.4, -0.2) is 27.8 Å². The van der Waals surface area contributed by atoms with Crippen molar-refractivity contribution in [2.45, 2.75) is 13.3 Å². The Bertz CT molecular complexity index is 574. The van der Waals surface area contributed by atoms with Gasteiger partial charge in [0.15, 0.2) is 0 Å². The number of rotatable bonds is 4. The van der Waals surface area contributed by atoms with Crippen LogP contribution in [0.1, 0.15) is 23.0 Å². The van der Waals surface area contributed by atoms with Crippen LogP contribution in [0.5, 0.6) is 11.6 Å². The van der Waals surface area contributed by atoms with E-state index in [-0.39, 0.29) is 6.15 Å². The van der Waals surface area contributed by atoms with E-state index < -0.39 is 0 Å². The highest BCUT2D eigenvalue weighted by Crippen LogP contribution is 2.22. The lowest BCUT2D eigenvalue weighted by Crippen LogP contribution is -1.90. The number of nitrogens with one attached hydrogen (secondary N) is 1. The predicted octanol–water partition coefficient (Wildman–Crippen LogP) is 1.39. The van der Waals surface area contributed by atoms with Gasteiger partial charge in [-0.2, -0.15) is 19.9 Å². The molecule has 98 valence electrons. The molecule has 1 heterocycles. The van der Waals surface area contributed by atoms with Gasteiger partial charge in [-0.3, -0.25) is 4.79 Å². The second kappa shape index (κ2) is 7.52. The van der Waals surface area contributed by atoms with Crippen molar-refractivity contribution in [3.05, 3.63) is 35.5 Å². The number of aromatic nitrogens is 3. The fraction of sp³-hybridized carbons (Fsp3) is 0.167. The lowest BCUT2D eigenvalue weighted by atomic mass is 10.2. The predicted molar refractivity (Wildman–Crippen MR) is 62.7 cm³/mol. The maximum absolute atomic E-state index is 10.6. The maximum Gasteiger partial charge on any atom is 0.373 e. The maximum atomic E-state index is 10.6. The number of nitrogens with zero attached hydrogens (tertiary/aromatic N) is 2. The molecule has 19 heavy (non-hydrogen) atoms. The smallest absolute Gasteiger partial charge is 0.373 e. The van der Waals surface area contributed by atoms with Crippen LogP contribution >= 0.6 is 0 Å². The number of ether oxygens (including phenoxy) is 1. The summed E-state index contributed by atoms with van der Waals surface area (Å²) in [6, 6.07) is 6.89. The van der Waals surface area contributed by atoms with E-state index in [4.69, 9.17) is 14.3 Å². The van der Waals surface area contributed by atoms with Gasteiger partial charge in [-0.15, -0.1) is 5.10 Å². The summed E-state index contributed by atoms with van der Waals surface area (Å²) < 4.78 is 5.52. The third-order valence-electron chi connectivity index (χ3n) is 2.13. The van der Waals surface area contributed by atoms with Crippen LogP contribution < -0.4 is 4.74 Å². The Morgan fingerprint density at radius 2 is 2.11 bits per heavy atom. The molecule has 0 bridgehead atoms. The quantitative estimate of drug-likeness (QED) is 0.834.